The summed E-state index contributed by atoms with van der Waals surface area (Å²) >= 11 is 1.22. The van der Waals surface area contributed by atoms with Gasteiger partial charge >= 0.3 is 6.09 Å². The molecule has 0 bridgehead atoms. The first-order chi connectivity index (χ1) is 13.6. The van der Waals surface area contributed by atoms with Crippen LogP contribution in [-0.2, 0) is 14.3 Å². The number of carbonyl (C=O) groups is 2. The number of aromatic nitrogens is 3. The highest BCUT2D eigenvalue weighted by Gasteiger charge is 2.23. The van der Waals surface area contributed by atoms with Gasteiger partial charge in [0.1, 0.15) is 0 Å². The van der Waals surface area contributed by atoms with E-state index in [1.54, 1.807) is 6.92 Å². The standard InChI is InChI=1S/C18H23N5O4S/c1-3-27-18(25)19-15(24)12-28-17-21-20-16(22-8-10-26-11-9-22)23(17)14-7-5-4-6-13(14)2/h4-7H,3,8-12H2,1-2H3,(H,19,24,25). The minimum absolute atomic E-state index is 0.0198. The lowest BCUT2D eigenvalue weighted by atomic mass is 10.2. The van der Waals surface area contributed by atoms with E-state index < -0.39 is 12.0 Å². The van der Waals surface area contributed by atoms with Crippen LogP contribution < -0.4 is 10.2 Å². The zero-order chi connectivity index (χ0) is 19.9. The number of aryl methyl sites for hydroxylation is 1. The van der Waals surface area contributed by atoms with Crippen molar-refractivity contribution >= 4 is 29.7 Å². The van der Waals surface area contributed by atoms with Crippen LogP contribution in [0.5, 0.6) is 0 Å². The number of hydrogen-bond donors (Lipinski definition) is 1. The van der Waals surface area contributed by atoms with Crippen LogP contribution >= 0.6 is 11.8 Å². The number of carbonyl (C=O) groups excluding carboxylic acids is 2. The quantitative estimate of drug-likeness (QED) is 0.726. The van der Waals surface area contributed by atoms with E-state index in [1.165, 1.54) is 11.8 Å². The zero-order valence-corrected chi connectivity index (χ0v) is 16.7. The van der Waals surface area contributed by atoms with Crippen molar-refractivity contribution in [1.29, 1.82) is 0 Å². The molecule has 28 heavy (non-hydrogen) atoms. The molecule has 1 fully saturated rings. The summed E-state index contributed by atoms with van der Waals surface area (Å²) in [4.78, 5) is 25.5. The molecule has 10 heteroatoms. The van der Waals surface area contributed by atoms with E-state index in [0.29, 0.717) is 24.3 Å². The molecule has 9 nitrogen and oxygen atoms in total. The Labute approximate surface area is 167 Å². The van der Waals surface area contributed by atoms with Gasteiger partial charge in [-0.25, -0.2) is 4.79 Å². The van der Waals surface area contributed by atoms with Crippen LogP contribution in [0, 0.1) is 6.92 Å². The molecule has 0 atom stereocenters. The van der Waals surface area contributed by atoms with Gasteiger partial charge in [0, 0.05) is 13.1 Å². The maximum absolute atomic E-state index is 12.0. The summed E-state index contributed by atoms with van der Waals surface area (Å²) in [5.41, 5.74) is 2.01. The van der Waals surface area contributed by atoms with Gasteiger partial charge in [-0.15, -0.1) is 10.2 Å². The third kappa shape index (κ3) is 4.82. The lowest BCUT2D eigenvalue weighted by molar-refractivity contribution is -0.117. The molecule has 0 spiro atoms. The summed E-state index contributed by atoms with van der Waals surface area (Å²) in [5.74, 6) is 0.285. The molecule has 0 aliphatic carbocycles. The number of rotatable bonds is 6. The van der Waals surface area contributed by atoms with E-state index in [2.05, 4.69) is 20.4 Å². The summed E-state index contributed by atoms with van der Waals surface area (Å²) in [6.07, 6.45) is -0.748. The number of morpholine rings is 1. The molecule has 1 saturated heterocycles. The van der Waals surface area contributed by atoms with Crippen LogP contribution in [0.1, 0.15) is 12.5 Å². The highest BCUT2D eigenvalue weighted by Crippen LogP contribution is 2.28. The van der Waals surface area contributed by atoms with Crippen molar-refractivity contribution in [2.75, 3.05) is 43.6 Å². The fraction of sp³-hybridized carbons (Fsp3) is 0.444. The average Bonchev–Trinajstić information content (AvgIpc) is 3.11. The van der Waals surface area contributed by atoms with Gasteiger partial charge < -0.3 is 14.4 Å². The van der Waals surface area contributed by atoms with Crippen molar-refractivity contribution in [2.45, 2.75) is 19.0 Å². The number of nitrogens with zero attached hydrogens (tertiary/aromatic N) is 4. The predicted molar refractivity (Wildman–Crippen MR) is 105 cm³/mol. The SMILES string of the molecule is CCOC(=O)NC(=O)CSc1nnc(N2CCOCC2)n1-c1ccccc1C. The second kappa shape index (κ2) is 9.56. The number of thioether (sulfide) groups is 1. The Morgan fingerprint density at radius 1 is 1.25 bits per heavy atom. The van der Waals surface area contributed by atoms with Gasteiger partial charge in [-0.3, -0.25) is 14.7 Å². The van der Waals surface area contributed by atoms with Crippen molar-refractivity contribution < 1.29 is 19.1 Å². The topological polar surface area (TPSA) is 98.6 Å². The van der Waals surface area contributed by atoms with E-state index in [1.807, 2.05) is 35.8 Å². The van der Waals surface area contributed by atoms with Gasteiger partial charge in [0.25, 0.3) is 0 Å². The Kier molecular flexibility index (Phi) is 6.88. The fourth-order valence-corrected chi connectivity index (χ4v) is 3.54. The Morgan fingerprint density at radius 3 is 2.71 bits per heavy atom. The first kappa shape index (κ1) is 20.2. The summed E-state index contributed by atoms with van der Waals surface area (Å²) in [5, 5.41) is 11.4. The van der Waals surface area contributed by atoms with Crippen LogP contribution in [0.4, 0.5) is 10.7 Å². The summed E-state index contributed by atoms with van der Waals surface area (Å²) in [6, 6.07) is 7.93. The Balaban J connectivity index is 1.83. The first-order valence-electron chi connectivity index (χ1n) is 9.03. The number of hydrogen-bond acceptors (Lipinski definition) is 8. The highest BCUT2D eigenvalue weighted by atomic mass is 32.2. The summed E-state index contributed by atoms with van der Waals surface area (Å²) < 4.78 is 12.1. The second-order valence-corrected chi connectivity index (χ2v) is 7.00. The molecular weight excluding hydrogens is 382 g/mol. The predicted octanol–water partition coefficient (Wildman–Crippen LogP) is 1.78. The molecule has 0 unspecified atom stereocenters. The van der Waals surface area contributed by atoms with Gasteiger partial charge in [0.05, 0.1) is 31.3 Å². The van der Waals surface area contributed by atoms with E-state index in [-0.39, 0.29) is 12.4 Å². The van der Waals surface area contributed by atoms with Crippen LogP contribution in [-0.4, -0.2) is 65.4 Å². The van der Waals surface area contributed by atoms with E-state index >= 15 is 0 Å². The molecule has 150 valence electrons. The van der Waals surface area contributed by atoms with Gasteiger partial charge in [0.15, 0.2) is 5.16 Å². The first-order valence-corrected chi connectivity index (χ1v) is 10.0. The minimum Gasteiger partial charge on any atom is -0.450 e. The highest BCUT2D eigenvalue weighted by molar-refractivity contribution is 7.99. The molecule has 1 N–H and O–H groups in total. The van der Waals surface area contributed by atoms with Gasteiger partial charge in [-0.1, -0.05) is 30.0 Å². The minimum atomic E-state index is -0.748. The second-order valence-electron chi connectivity index (χ2n) is 6.06. The van der Waals surface area contributed by atoms with Gasteiger partial charge in [-0.05, 0) is 25.5 Å². The number of ether oxygens (including phenoxy) is 2. The van der Waals surface area contributed by atoms with Crippen LogP contribution in [0.2, 0.25) is 0 Å². The number of alkyl carbamates (subject to hydrolysis) is 1. The molecule has 1 aromatic heterocycles. The Hall–Kier alpha value is -2.59. The third-order valence-electron chi connectivity index (χ3n) is 4.12. The normalized spacial score (nSPS) is 14.0. The fourth-order valence-electron chi connectivity index (χ4n) is 2.80. The van der Waals surface area contributed by atoms with Crippen molar-refractivity contribution in [3.8, 4) is 5.69 Å². The van der Waals surface area contributed by atoms with Crippen LogP contribution in [0.15, 0.2) is 29.4 Å². The Morgan fingerprint density at radius 2 is 2.00 bits per heavy atom. The smallest absolute Gasteiger partial charge is 0.413 e. The van der Waals surface area contributed by atoms with Gasteiger partial charge in [-0.2, -0.15) is 0 Å². The summed E-state index contributed by atoms with van der Waals surface area (Å²) in [6.45, 7) is 6.60. The molecule has 0 radical (unpaired) electrons. The van der Waals surface area contributed by atoms with Crippen LogP contribution in [0.3, 0.4) is 0 Å². The number of para-hydroxylation sites is 1. The van der Waals surface area contributed by atoms with Crippen LogP contribution in [0.25, 0.3) is 5.69 Å². The van der Waals surface area contributed by atoms with E-state index in [0.717, 1.165) is 24.3 Å². The number of amides is 2. The van der Waals surface area contributed by atoms with Crippen molar-refractivity contribution in [3.05, 3.63) is 29.8 Å². The molecule has 1 aliphatic rings. The van der Waals surface area contributed by atoms with Gasteiger partial charge in [0.2, 0.25) is 11.9 Å². The molecular formula is C18H23N5O4S. The van der Waals surface area contributed by atoms with Crippen molar-refractivity contribution in [2.24, 2.45) is 0 Å². The zero-order valence-electron chi connectivity index (χ0n) is 15.9. The molecule has 1 aromatic carbocycles. The molecule has 2 aromatic rings. The lowest BCUT2D eigenvalue weighted by Crippen LogP contribution is -2.38. The monoisotopic (exact) mass is 405 g/mol. The summed E-state index contributed by atoms with van der Waals surface area (Å²) in [7, 11) is 0. The Bertz CT molecular complexity index is 835. The maximum atomic E-state index is 12.0. The maximum Gasteiger partial charge on any atom is 0.413 e. The molecule has 0 saturated carbocycles. The third-order valence-corrected chi connectivity index (χ3v) is 5.04. The van der Waals surface area contributed by atoms with Crippen molar-refractivity contribution in [3.63, 3.8) is 0 Å². The number of benzene rings is 1. The molecule has 1 aliphatic heterocycles. The molecule has 2 amide bonds. The van der Waals surface area contributed by atoms with E-state index in [4.69, 9.17) is 9.47 Å². The molecule has 2 heterocycles. The molecule has 3 rings (SSSR count). The lowest BCUT2D eigenvalue weighted by Gasteiger charge is -2.28. The number of nitrogens with one attached hydrogen (secondary N) is 1. The van der Waals surface area contributed by atoms with Crippen molar-refractivity contribution in [1.82, 2.24) is 20.1 Å². The average molecular weight is 405 g/mol. The van der Waals surface area contributed by atoms with E-state index in [9.17, 15) is 9.59 Å². The largest absolute Gasteiger partial charge is 0.450 e. The number of imide groups is 1. The number of anilines is 1.